The van der Waals surface area contributed by atoms with Gasteiger partial charge in [0.15, 0.2) is 11.2 Å². The fourth-order valence-electron chi connectivity index (χ4n) is 2.76. The molecular formula is C19H17ClN2O2S. The molecule has 1 heterocycles. The molecule has 6 heteroatoms. The van der Waals surface area contributed by atoms with Crippen molar-refractivity contribution in [2.75, 3.05) is 12.0 Å². The Labute approximate surface area is 157 Å². The maximum Gasteiger partial charge on any atom is 0.330 e. The molecule has 2 aromatic rings. The highest BCUT2D eigenvalue weighted by Crippen LogP contribution is 2.27. The molecule has 0 spiro atoms. The van der Waals surface area contributed by atoms with Gasteiger partial charge >= 0.3 is 5.97 Å². The van der Waals surface area contributed by atoms with Crippen molar-refractivity contribution in [1.82, 2.24) is 5.32 Å². The van der Waals surface area contributed by atoms with E-state index in [1.54, 1.807) is 12.1 Å². The summed E-state index contributed by atoms with van der Waals surface area (Å²) in [7, 11) is 1.37. The van der Waals surface area contributed by atoms with Gasteiger partial charge in [-0.3, -0.25) is 0 Å². The van der Waals surface area contributed by atoms with Gasteiger partial charge in [0.05, 0.1) is 13.2 Å². The summed E-state index contributed by atoms with van der Waals surface area (Å²) < 4.78 is 4.93. The van der Waals surface area contributed by atoms with Gasteiger partial charge in [-0.2, -0.15) is 0 Å². The molecule has 1 aliphatic heterocycles. The third-order valence-corrected chi connectivity index (χ3v) is 4.55. The molecule has 0 radical (unpaired) electrons. The predicted octanol–water partition coefficient (Wildman–Crippen LogP) is 3.66. The zero-order valence-electron chi connectivity index (χ0n) is 13.6. The van der Waals surface area contributed by atoms with E-state index in [-0.39, 0.29) is 12.0 Å². The highest BCUT2D eigenvalue weighted by atomic mass is 35.5. The Morgan fingerprint density at radius 2 is 1.88 bits per heavy atom. The van der Waals surface area contributed by atoms with Gasteiger partial charge in [0.25, 0.3) is 0 Å². The molecule has 4 nitrogen and oxygen atoms in total. The van der Waals surface area contributed by atoms with Gasteiger partial charge in [0.1, 0.15) is 0 Å². The van der Waals surface area contributed by atoms with Crippen molar-refractivity contribution in [3.63, 3.8) is 0 Å². The Balaban J connectivity index is 1.96. The number of hydrogen-bond donors (Lipinski definition) is 1. The quantitative estimate of drug-likeness (QED) is 0.655. The van der Waals surface area contributed by atoms with Crippen LogP contribution in [0.15, 0.2) is 60.7 Å². The summed E-state index contributed by atoms with van der Waals surface area (Å²) in [6.45, 7) is 0. The van der Waals surface area contributed by atoms with Crippen LogP contribution in [0, 0.1) is 0 Å². The van der Waals surface area contributed by atoms with Gasteiger partial charge in [-0.1, -0.05) is 54.1 Å². The number of thiocarbonyl (C=S) groups is 1. The molecule has 1 saturated heterocycles. The first-order chi connectivity index (χ1) is 12.1. The molecule has 0 aliphatic carbocycles. The van der Waals surface area contributed by atoms with E-state index in [0.717, 1.165) is 11.3 Å². The minimum absolute atomic E-state index is 0.304. The van der Waals surface area contributed by atoms with E-state index in [1.807, 2.05) is 59.5 Å². The average molecular weight is 373 g/mol. The molecule has 0 bridgehead atoms. The van der Waals surface area contributed by atoms with Gasteiger partial charge < -0.3 is 15.0 Å². The van der Waals surface area contributed by atoms with Crippen LogP contribution in [-0.4, -0.2) is 30.3 Å². The molecule has 1 fully saturated rings. The number of nitrogens with zero attached hydrogens (tertiary/aromatic N) is 1. The lowest BCUT2D eigenvalue weighted by Gasteiger charge is -2.24. The second-order valence-corrected chi connectivity index (χ2v) is 6.38. The molecule has 1 N–H and O–H groups in total. The van der Waals surface area contributed by atoms with Crippen LogP contribution < -0.4 is 10.2 Å². The van der Waals surface area contributed by atoms with E-state index in [0.29, 0.717) is 10.1 Å². The van der Waals surface area contributed by atoms with Gasteiger partial charge in [-0.05, 0) is 42.0 Å². The number of methoxy groups -OCH3 is 1. The number of nitrogens with one attached hydrogen (secondary N) is 1. The Morgan fingerprint density at radius 1 is 1.20 bits per heavy atom. The largest absolute Gasteiger partial charge is 0.467 e. The lowest BCUT2D eigenvalue weighted by atomic mass is 10.1. The summed E-state index contributed by atoms with van der Waals surface area (Å²) in [5.41, 5.74) is 1.90. The van der Waals surface area contributed by atoms with Gasteiger partial charge in [0.2, 0.25) is 0 Å². The molecule has 3 rings (SSSR count). The lowest BCUT2D eigenvalue weighted by Crippen LogP contribution is -2.41. The Bertz CT molecular complexity index is 793. The van der Waals surface area contributed by atoms with Crippen molar-refractivity contribution in [2.45, 2.75) is 12.1 Å². The third kappa shape index (κ3) is 3.83. The van der Waals surface area contributed by atoms with E-state index >= 15 is 0 Å². The molecule has 0 amide bonds. The number of carbonyl (C=O) groups excluding carboxylic acids is 1. The smallest absolute Gasteiger partial charge is 0.330 e. The predicted molar refractivity (Wildman–Crippen MR) is 105 cm³/mol. The molecule has 0 aromatic heterocycles. The Kier molecular flexibility index (Phi) is 5.36. The summed E-state index contributed by atoms with van der Waals surface area (Å²) in [6.07, 6.45) is 3.93. The van der Waals surface area contributed by atoms with Crippen molar-refractivity contribution in [1.29, 1.82) is 0 Å². The zero-order valence-corrected chi connectivity index (χ0v) is 15.1. The first-order valence-electron chi connectivity index (χ1n) is 7.76. The molecule has 128 valence electrons. The van der Waals surface area contributed by atoms with E-state index in [4.69, 9.17) is 28.6 Å². The molecule has 2 atom stereocenters. The van der Waals surface area contributed by atoms with E-state index in [1.165, 1.54) is 7.11 Å². The Hall–Kier alpha value is -2.37. The highest BCUT2D eigenvalue weighted by molar-refractivity contribution is 7.80. The molecule has 2 aromatic carbocycles. The summed E-state index contributed by atoms with van der Waals surface area (Å²) in [5, 5.41) is 4.17. The fourth-order valence-corrected chi connectivity index (χ4v) is 3.24. The number of halogens is 1. The summed E-state index contributed by atoms with van der Waals surface area (Å²) in [4.78, 5) is 14.1. The van der Waals surface area contributed by atoms with E-state index < -0.39 is 6.04 Å². The number of anilines is 1. The normalized spacial score (nSPS) is 19.9. The molecule has 25 heavy (non-hydrogen) atoms. The summed E-state index contributed by atoms with van der Waals surface area (Å²) >= 11 is 11.4. The molecule has 0 saturated carbocycles. The third-order valence-electron chi connectivity index (χ3n) is 3.98. The standard InChI is InChI=1S/C19H17ClN2O2S/c1-24-18(23)17-16(12-7-13-5-3-2-4-6-13)22(19(25)21-17)15-10-8-14(20)9-11-15/h2-12,16-17H,1H3,(H,21,25)/b12-7+/t16-,17+/m1/s1. The molecular weight excluding hydrogens is 356 g/mol. The maximum absolute atomic E-state index is 12.2. The maximum atomic E-state index is 12.2. The van der Waals surface area contributed by atoms with Crippen molar-refractivity contribution >= 4 is 46.7 Å². The Morgan fingerprint density at radius 3 is 2.52 bits per heavy atom. The van der Waals surface area contributed by atoms with Gasteiger partial charge in [-0.25, -0.2) is 4.79 Å². The van der Waals surface area contributed by atoms with Gasteiger partial charge in [-0.15, -0.1) is 0 Å². The van der Waals surface area contributed by atoms with Crippen LogP contribution in [0.4, 0.5) is 5.69 Å². The number of ether oxygens (including phenoxy) is 1. The van der Waals surface area contributed by atoms with Crippen LogP contribution in [0.25, 0.3) is 6.08 Å². The van der Waals surface area contributed by atoms with Crippen LogP contribution in [0.1, 0.15) is 5.56 Å². The number of esters is 1. The second kappa shape index (κ2) is 7.68. The van der Waals surface area contributed by atoms with Crippen LogP contribution in [-0.2, 0) is 9.53 Å². The first kappa shape index (κ1) is 17.5. The monoisotopic (exact) mass is 372 g/mol. The molecule has 1 aliphatic rings. The summed E-state index contributed by atoms with van der Waals surface area (Å²) in [6, 6.07) is 16.3. The average Bonchev–Trinajstić information content (AvgIpc) is 2.97. The van der Waals surface area contributed by atoms with Crippen molar-refractivity contribution in [3.8, 4) is 0 Å². The second-order valence-electron chi connectivity index (χ2n) is 5.56. The number of rotatable bonds is 4. The van der Waals surface area contributed by atoms with Crippen LogP contribution in [0.5, 0.6) is 0 Å². The number of carbonyl (C=O) groups is 1. The summed E-state index contributed by atoms with van der Waals surface area (Å²) in [5.74, 6) is -0.360. The van der Waals surface area contributed by atoms with Crippen LogP contribution >= 0.6 is 23.8 Å². The first-order valence-corrected chi connectivity index (χ1v) is 8.55. The number of benzene rings is 2. The van der Waals surface area contributed by atoms with Crippen LogP contribution in [0.3, 0.4) is 0 Å². The van der Waals surface area contributed by atoms with Crippen molar-refractivity contribution < 1.29 is 9.53 Å². The zero-order chi connectivity index (χ0) is 17.8. The minimum Gasteiger partial charge on any atom is -0.467 e. The number of hydrogen-bond acceptors (Lipinski definition) is 3. The highest BCUT2D eigenvalue weighted by Gasteiger charge is 2.41. The van der Waals surface area contributed by atoms with E-state index in [9.17, 15) is 4.79 Å². The SMILES string of the molecule is COC(=O)[C@H]1NC(=S)N(c2ccc(Cl)cc2)[C@@H]1/C=C/c1ccccc1. The lowest BCUT2D eigenvalue weighted by molar-refractivity contribution is -0.142. The topological polar surface area (TPSA) is 41.6 Å². The van der Waals surface area contributed by atoms with Crippen molar-refractivity contribution in [3.05, 3.63) is 71.3 Å². The molecule has 0 unspecified atom stereocenters. The minimum atomic E-state index is -0.576. The van der Waals surface area contributed by atoms with Gasteiger partial charge in [0, 0.05) is 10.7 Å². The van der Waals surface area contributed by atoms with E-state index in [2.05, 4.69) is 5.32 Å². The fraction of sp³-hybridized carbons (Fsp3) is 0.158. The van der Waals surface area contributed by atoms with Crippen LogP contribution in [0.2, 0.25) is 5.02 Å². The van der Waals surface area contributed by atoms with Crippen molar-refractivity contribution in [2.24, 2.45) is 0 Å².